The molecule has 0 saturated carbocycles. The molecule has 0 spiro atoms. The van der Waals surface area contributed by atoms with Gasteiger partial charge in [0.15, 0.2) is 0 Å². The molecule has 114 valence electrons. The topological polar surface area (TPSA) is 92.2 Å². The summed E-state index contributed by atoms with van der Waals surface area (Å²) in [5.74, 6) is 0.825. The Morgan fingerprint density at radius 1 is 1.29 bits per heavy atom. The number of hydrogen-bond donors (Lipinski definition) is 3. The van der Waals surface area contributed by atoms with Gasteiger partial charge in [-0.05, 0) is 28.8 Å². The molecule has 2 aromatic rings. The van der Waals surface area contributed by atoms with Crippen molar-refractivity contribution >= 4 is 23.2 Å². The molecule has 0 aliphatic rings. The van der Waals surface area contributed by atoms with Gasteiger partial charge in [0.05, 0.1) is 13.2 Å². The van der Waals surface area contributed by atoms with Crippen LogP contribution in [0, 0.1) is 0 Å². The first-order valence-corrected chi connectivity index (χ1v) is 7.65. The molecule has 0 radical (unpaired) electrons. The predicted octanol–water partition coefficient (Wildman–Crippen LogP) is 1.91. The first-order valence-electron chi connectivity index (χ1n) is 6.71. The minimum atomic E-state index is -0.605. The Labute approximate surface area is 127 Å². The molecule has 0 aliphatic heterocycles. The third kappa shape index (κ3) is 4.54. The quantitative estimate of drug-likeness (QED) is 0.686. The molecular formula is C13H19N5O2S. The Morgan fingerprint density at radius 2 is 2.05 bits per heavy atom. The van der Waals surface area contributed by atoms with Crippen molar-refractivity contribution in [2.24, 2.45) is 0 Å². The van der Waals surface area contributed by atoms with Crippen LogP contribution in [0.2, 0.25) is 0 Å². The van der Waals surface area contributed by atoms with Crippen molar-refractivity contribution in [3.05, 3.63) is 22.4 Å². The van der Waals surface area contributed by atoms with Gasteiger partial charge in [-0.3, -0.25) is 0 Å². The molecule has 7 nitrogen and oxygen atoms in total. The van der Waals surface area contributed by atoms with E-state index in [9.17, 15) is 5.11 Å². The highest BCUT2D eigenvalue weighted by molar-refractivity contribution is 7.07. The van der Waals surface area contributed by atoms with Crippen LogP contribution < -0.4 is 15.4 Å². The number of aliphatic hydroxyl groups excluding tert-OH is 1. The average Bonchev–Trinajstić information content (AvgIpc) is 3.04. The van der Waals surface area contributed by atoms with Crippen molar-refractivity contribution in [3.63, 3.8) is 0 Å². The summed E-state index contributed by atoms with van der Waals surface area (Å²) >= 11 is 1.55. The summed E-state index contributed by atoms with van der Waals surface area (Å²) in [5, 5.41) is 20.0. The molecule has 8 heteroatoms. The fourth-order valence-corrected chi connectivity index (χ4v) is 2.32. The van der Waals surface area contributed by atoms with Gasteiger partial charge in [0, 0.05) is 13.1 Å². The van der Waals surface area contributed by atoms with E-state index in [0.717, 1.165) is 18.5 Å². The van der Waals surface area contributed by atoms with Crippen molar-refractivity contribution < 1.29 is 9.84 Å². The van der Waals surface area contributed by atoms with E-state index in [-0.39, 0.29) is 6.01 Å². The molecule has 0 aliphatic carbocycles. The number of nitrogens with one attached hydrogen (secondary N) is 2. The molecule has 3 N–H and O–H groups in total. The first-order chi connectivity index (χ1) is 10.2. The molecule has 2 heterocycles. The minimum absolute atomic E-state index is 0.233. The summed E-state index contributed by atoms with van der Waals surface area (Å²) in [6.45, 7) is 3.14. The van der Waals surface area contributed by atoms with Gasteiger partial charge in [0.1, 0.15) is 0 Å². The molecule has 1 unspecified atom stereocenters. The van der Waals surface area contributed by atoms with E-state index in [0.29, 0.717) is 18.4 Å². The van der Waals surface area contributed by atoms with Gasteiger partial charge in [0.25, 0.3) is 0 Å². The van der Waals surface area contributed by atoms with Gasteiger partial charge >= 0.3 is 6.01 Å². The van der Waals surface area contributed by atoms with Crippen LogP contribution in [0.15, 0.2) is 16.8 Å². The molecule has 0 saturated heterocycles. The lowest BCUT2D eigenvalue weighted by Gasteiger charge is -2.12. The third-order valence-electron chi connectivity index (χ3n) is 2.71. The zero-order chi connectivity index (χ0) is 15.1. The molecule has 0 bridgehead atoms. The Morgan fingerprint density at radius 3 is 2.67 bits per heavy atom. The van der Waals surface area contributed by atoms with Gasteiger partial charge < -0.3 is 20.5 Å². The monoisotopic (exact) mass is 309 g/mol. The number of aromatic nitrogens is 3. The number of thiophene rings is 1. The number of nitrogens with zero attached hydrogens (tertiary/aromatic N) is 3. The number of rotatable bonds is 8. The number of ether oxygens (including phenoxy) is 1. The first kappa shape index (κ1) is 15.5. The van der Waals surface area contributed by atoms with Crippen LogP contribution in [0.1, 0.15) is 25.0 Å². The van der Waals surface area contributed by atoms with E-state index >= 15 is 0 Å². The van der Waals surface area contributed by atoms with Crippen LogP contribution in [0.3, 0.4) is 0 Å². The summed E-state index contributed by atoms with van der Waals surface area (Å²) in [5.41, 5.74) is 0.873. The number of anilines is 2. The molecule has 21 heavy (non-hydrogen) atoms. The second-order valence-corrected chi connectivity index (χ2v) is 5.13. The van der Waals surface area contributed by atoms with Gasteiger partial charge in [-0.25, -0.2) is 0 Å². The van der Waals surface area contributed by atoms with Crippen LogP contribution >= 0.6 is 11.3 Å². The lowest BCUT2D eigenvalue weighted by atomic mass is 10.2. The van der Waals surface area contributed by atoms with E-state index in [1.807, 2.05) is 16.8 Å². The second-order valence-electron chi connectivity index (χ2n) is 4.35. The van der Waals surface area contributed by atoms with Crippen LogP contribution in [-0.4, -0.2) is 40.3 Å². The van der Waals surface area contributed by atoms with E-state index < -0.39 is 6.10 Å². The Hall–Kier alpha value is -1.93. The fourth-order valence-electron chi connectivity index (χ4n) is 1.61. The lowest BCUT2D eigenvalue weighted by Crippen LogP contribution is -2.15. The van der Waals surface area contributed by atoms with Crippen molar-refractivity contribution in [1.29, 1.82) is 0 Å². The van der Waals surface area contributed by atoms with Gasteiger partial charge in [-0.2, -0.15) is 26.3 Å². The zero-order valence-electron chi connectivity index (χ0n) is 12.0. The van der Waals surface area contributed by atoms with Crippen molar-refractivity contribution in [1.82, 2.24) is 15.0 Å². The third-order valence-corrected chi connectivity index (χ3v) is 3.41. The summed E-state index contributed by atoms with van der Waals surface area (Å²) in [6.07, 6.45) is 0.360. The Kier molecular flexibility index (Phi) is 5.70. The molecule has 2 rings (SSSR count). The summed E-state index contributed by atoms with van der Waals surface area (Å²) in [4.78, 5) is 12.5. The van der Waals surface area contributed by atoms with E-state index in [4.69, 9.17) is 4.74 Å². The number of aliphatic hydroxyl groups is 1. The van der Waals surface area contributed by atoms with Gasteiger partial charge in [-0.1, -0.05) is 6.92 Å². The SMILES string of the molecule is CCCNc1nc(NCC(O)c2ccsc2)nc(OC)n1. The van der Waals surface area contributed by atoms with Crippen LogP contribution in [-0.2, 0) is 0 Å². The maximum atomic E-state index is 10.0. The molecule has 2 aromatic heterocycles. The van der Waals surface area contributed by atoms with E-state index in [1.54, 1.807) is 11.3 Å². The van der Waals surface area contributed by atoms with Crippen molar-refractivity contribution in [2.45, 2.75) is 19.4 Å². The molecule has 0 fully saturated rings. The number of methoxy groups -OCH3 is 1. The van der Waals surface area contributed by atoms with E-state index in [2.05, 4.69) is 32.5 Å². The summed E-state index contributed by atoms with van der Waals surface area (Å²) < 4.78 is 5.05. The zero-order valence-corrected chi connectivity index (χ0v) is 12.9. The van der Waals surface area contributed by atoms with Crippen molar-refractivity contribution in [2.75, 3.05) is 30.8 Å². The van der Waals surface area contributed by atoms with Gasteiger partial charge in [-0.15, -0.1) is 0 Å². The highest BCUT2D eigenvalue weighted by Crippen LogP contribution is 2.17. The van der Waals surface area contributed by atoms with E-state index in [1.165, 1.54) is 7.11 Å². The van der Waals surface area contributed by atoms with Crippen LogP contribution in [0.4, 0.5) is 11.9 Å². The standard InChI is InChI=1S/C13H19N5O2S/c1-3-5-14-11-16-12(18-13(17-11)20-2)15-7-10(19)9-4-6-21-8-9/h4,6,8,10,19H,3,5,7H2,1-2H3,(H2,14,15,16,17,18). The van der Waals surface area contributed by atoms with Crippen LogP contribution in [0.5, 0.6) is 6.01 Å². The average molecular weight is 309 g/mol. The van der Waals surface area contributed by atoms with Gasteiger partial charge in [0.2, 0.25) is 11.9 Å². The Bertz CT molecular complexity index is 549. The normalized spacial score (nSPS) is 12.0. The maximum Gasteiger partial charge on any atom is 0.322 e. The fraction of sp³-hybridized carbons (Fsp3) is 0.462. The maximum absolute atomic E-state index is 10.0. The second kappa shape index (κ2) is 7.75. The van der Waals surface area contributed by atoms with Crippen molar-refractivity contribution in [3.8, 4) is 6.01 Å². The highest BCUT2D eigenvalue weighted by Gasteiger charge is 2.10. The molecule has 0 amide bonds. The molecular weight excluding hydrogens is 290 g/mol. The smallest absolute Gasteiger partial charge is 0.322 e. The number of hydrogen-bond acceptors (Lipinski definition) is 8. The Balaban J connectivity index is 2.01. The molecule has 1 atom stereocenters. The van der Waals surface area contributed by atoms with Crippen LogP contribution in [0.25, 0.3) is 0 Å². The lowest BCUT2D eigenvalue weighted by molar-refractivity contribution is 0.192. The summed E-state index contributed by atoms with van der Waals surface area (Å²) in [7, 11) is 1.50. The minimum Gasteiger partial charge on any atom is -0.467 e. The summed E-state index contributed by atoms with van der Waals surface area (Å²) in [6, 6.07) is 2.12. The largest absolute Gasteiger partial charge is 0.467 e. The highest BCUT2D eigenvalue weighted by atomic mass is 32.1. The molecule has 0 aromatic carbocycles. The predicted molar refractivity (Wildman–Crippen MR) is 82.9 cm³/mol.